The molecule has 0 saturated carbocycles. The first-order valence-electron chi connectivity index (χ1n) is 8.80. The Hall–Kier alpha value is -2.56. The van der Waals surface area contributed by atoms with Gasteiger partial charge in [-0.2, -0.15) is 10.2 Å². The number of nitrogens with one attached hydrogen (secondary N) is 1. The summed E-state index contributed by atoms with van der Waals surface area (Å²) >= 11 is 0. The second kappa shape index (κ2) is 8.01. The van der Waals surface area contributed by atoms with Crippen LogP contribution in [0.15, 0.2) is 46.7 Å². The van der Waals surface area contributed by atoms with Crippen LogP contribution >= 0.6 is 0 Å². The van der Waals surface area contributed by atoms with Crippen LogP contribution < -0.4 is 0 Å². The van der Waals surface area contributed by atoms with Crippen molar-refractivity contribution in [2.24, 2.45) is 10.2 Å². The minimum Gasteiger partial charge on any atom is -0.345 e. The lowest BCUT2D eigenvalue weighted by Gasteiger charge is -2.02. The molecule has 1 aliphatic heterocycles. The standard InChI is InChI=1S/C20H24N4O/c1-14(2)19-13-21-20(22-19)12-18(25)9-8-16-11-17(24-23-16)10-15-6-4-3-5-7-15/h3-7,13-14H,8-12H2,1-2H3,(H,21,22). The first-order valence-corrected chi connectivity index (χ1v) is 8.80. The topological polar surface area (TPSA) is 70.5 Å². The summed E-state index contributed by atoms with van der Waals surface area (Å²) in [6.45, 7) is 4.20. The molecule has 3 rings (SSSR count). The van der Waals surface area contributed by atoms with E-state index < -0.39 is 0 Å². The summed E-state index contributed by atoms with van der Waals surface area (Å²) in [6.07, 6.45) is 4.95. The maximum absolute atomic E-state index is 12.2. The molecule has 5 nitrogen and oxygen atoms in total. The highest BCUT2D eigenvalue weighted by Crippen LogP contribution is 2.14. The van der Waals surface area contributed by atoms with E-state index in [4.69, 9.17) is 0 Å². The third-order valence-corrected chi connectivity index (χ3v) is 4.32. The van der Waals surface area contributed by atoms with E-state index in [9.17, 15) is 4.79 Å². The van der Waals surface area contributed by atoms with Gasteiger partial charge in [-0.3, -0.25) is 4.79 Å². The number of aromatic nitrogens is 2. The van der Waals surface area contributed by atoms with Crippen molar-refractivity contribution in [1.82, 2.24) is 9.97 Å². The zero-order valence-electron chi connectivity index (χ0n) is 14.8. The largest absolute Gasteiger partial charge is 0.345 e. The summed E-state index contributed by atoms with van der Waals surface area (Å²) in [5, 5.41) is 8.52. The fourth-order valence-corrected chi connectivity index (χ4v) is 2.84. The van der Waals surface area contributed by atoms with E-state index in [-0.39, 0.29) is 5.78 Å². The van der Waals surface area contributed by atoms with Gasteiger partial charge in [0.15, 0.2) is 0 Å². The van der Waals surface area contributed by atoms with Gasteiger partial charge in [0, 0.05) is 36.9 Å². The molecule has 1 aromatic carbocycles. The Morgan fingerprint density at radius 3 is 2.64 bits per heavy atom. The van der Waals surface area contributed by atoms with Gasteiger partial charge in [-0.1, -0.05) is 44.2 Å². The number of carbonyl (C=O) groups excluding carboxylic acids is 1. The fraction of sp³-hybridized carbons (Fsp3) is 0.400. The molecule has 0 unspecified atom stereocenters. The van der Waals surface area contributed by atoms with E-state index in [1.54, 1.807) is 0 Å². The minimum atomic E-state index is 0.184. The summed E-state index contributed by atoms with van der Waals surface area (Å²) in [5.74, 6) is 1.33. The molecule has 2 heterocycles. The summed E-state index contributed by atoms with van der Waals surface area (Å²) in [5.41, 5.74) is 4.39. The highest BCUT2D eigenvalue weighted by atomic mass is 16.1. The van der Waals surface area contributed by atoms with Gasteiger partial charge in [-0.25, -0.2) is 4.98 Å². The summed E-state index contributed by atoms with van der Waals surface area (Å²) in [6, 6.07) is 10.3. The molecule has 0 amide bonds. The molecular formula is C20H24N4O. The predicted molar refractivity (Wildman–Crippen MR) is 100 cm³/mol. The number of Topliss-reactive ketones (excluding diaryl/α,β-unsaturated/α-hetero) is 1. The molecule has 0 atom stereocenters. The van der Waals surface area contributed by atoms with Crippen LogP contribution in [0, 0.1) is 0 Å². The zero-order chi connectivity index (χ0) is 17.6. The number of benzene rings is 1. The molecule has 130 valence electrons. The highest BCUT2D eigenvalue weighted by Gasteiger charge is 2.15. The molecule has 5 heteroatoms. The molecular weight excluding hydrogens is 312 g/mol. The van der Waals surface area contributed by atoms with E-state index in [1.807, 2.05) is 24.4 Å². The van der Waals surface area contributed by atoms with Crippen LogP contribution in [0.2, 0.25) is 0 Å². The van der Waals surface area contributed by atoms with Gasteiger partial charge >= 0.3 is 0 Å². The quantitative estimate of drug-likeness (QED) is 0.795. The third kappa shape index (κ3) is 4.95. The molecule has 0 fully saturated rings. The monoisotopic (exact) mass is 336 g/mol. The molecule has 25 heavy (non-hydrogen) atoms. The van der Waals surface area contributed by atoms with Crippen LogP contribution in [-0.4, -0.2) is 27.2 Å². The van der Waals surface area contributed by atoms with E-state index >= 15 is 0 Å². The number of aromatic amines is 1. The van der Waals surface area contributed by atoms with Crippen molar-refractivity contribution < 1.29 is 4.79 Å². The molecule has 0 spiro atoms. The molecule has 1 aromatic heterocycles. The number of H-pyrrole nitrogens is 1. The van der Waals surface area contributed by atoms with Gasteiger partial charge in [0.25, 0.3) is 0 Å². The Bertz CT molecular complexity index is 787. The molecule has 2 aromatic rings. The van der Waals surface area contributed by atoms with Gasteiger partial charge in [-0.05, 0) is 17.9 Å². The number of hydrogen-bond donors (Lipinski definition) is 1. The van der Waals surface area contributed by atoms with Crippen molar-refractivity contribution in [2.45, 2.75) is 51.9 Å². The second-order valence-electron chi connectivity index (χ2n) is 6.83. The number of carbonyl (C=O) groups is 1. The molecule has 0 bridgehead atoms. The summed E-state index contributed by atoms with van der Waals surface area (Å²) < 4.78 is 0. The number of rotatable bonds is 8. The number of hydrogen-bond acceptors (Lipinski definition) is 4. The van der Waals surface area contributed by atoms with Crippen LogP contribution in [0.5, 0.6) is 0 Å². The maximum atomic E-state index is 12.2. The predicted octanol–water partition coefficient (Wildman–Crippen LogP) is 3.87. The van der Waals surface area contributed by atoms with Gasteiger partial charge < -0.3 is 4.98 Å². The summed E-state index contributed by atoms with van der Waals surface area (Å²) in [7, 11) is 0. The first-order chi connectivity index (χ1) is 12.1. The van der Waals surface area contributed by atoms with Crippen molar-refractivity contribution in [2.75, 3.05) is 0 Å². The van der Waals surface area contributed by atoms with Crippen LogP contribution in [-0.2, 0) is 17.6 Å². The number of ketones is 1. The van der Waals surface area contributed by atoms with E-state index in [1.165, 1.54) is 5.56 Å². The van der Waals surface area contributed by atoms with Crippen molar-refractivity contribution in [3.63, 3.8) is 0 Å². The van der Waals surface area contributed by atoms with E-state index in [2.05, 4.69) is 46.2 Å². The molecule has 0 aliphatic carbocycles. The van der Waals surface area contributed by atoms with E-state index in [0.29, 0.717) is 25.2 Å². The van der Waals surface area contributed by atoms with Gasteiger partial charge in [0.05, 0.1) is 12.1 Å². The third-order valence-electron chi connectivity index (χ3n) is 4.32. The van der Waals surface area contributed by atoms with Gasteiger partial charge in [-0.15, -0.1) is 0 Å². The second-order valence-corrected chi connectivity index (χ2v) is 6.83. The lowest BCUT2D eigenvalue weighted by atomic mass is 10.0. The normalized spacial score (nSPS) is 13.9. The van der Waals surface area contributed by atoms with Crippen molar-refractivity contribution in [3.05, 3.63) is 53.6 Å². The van der Waals surface area contributed by atoms with Gasteiger partial charge in [0.2, 0.25) is 0 Å². The van der Waals surface area contributed by atoms with Crippen LogP contribution in [0.4, 0.5) is 0 Å². The Morgan fingerprint density at radius 1 is 1.16 bits per heavy atom. The average Bonchev–Trinajstić information content (AvgIpc) is 3.23. The molecule has 0 saturated heterocycles. The van der Waals surface area contributed by atoms with Crippen molar-refractivity contribution in [1.29, 1.82) is 0 Å². The van der Waals surface area contributed by atoms with Crippen LogP contribution in [0.3, 0.4) is 0 Å². The first kappa shape index (κ1) is 17.3. The Morgan fingerprint density at radius 2 is 1.92 bits per heavy atom. The Labute approximate surface area is 148 Å². The SMILES string of the molecule is CC(C)c1cnc(CC(=O)CCC2=NN=C(Cc3ccccc3)C2)[nH]1. The fourth-order valence-electron chi connectivity index (χ4n) is 2.84. The van der Waals surface area contributed by atoms with Crippen molar-refractivity contribution >= 4 is 17.2 Å². The lowest BCUT2D eigenvalue weighted by molar-refractivity contribution is -0.118. The van der Waals surface area contributed by atoms with Crippen molar-refractivity contribution in [3.8, 4) is 0 Å². The highest BCUT2D eigenvalue weighted by molar-refractivity contribution is 6.08. The molecule has 1 N–H and O–H groups in total. The van der Waals surface area contributed by atoms with Crippen LogP contribution in [0.25, 0.3) is 0 Å². The minimum absolute atomic E-state index is 0.184. The van der Waals surface area contributed by atoms with Crippen LogP contribution in [0.1, 0.15) is 56.1 Å². The number of nitrogens with zero attached hydrogens (tertiary/aromatic N) is 3. The maximum Gasteiger partial charge on any atom is 0.140 e. The average molecular weight is 336 g/mol. The Kier molecular flexibility index (Phi) is 5.53. The molecule has 0 radical (unpaired) electrons. The smallest absolute Gasteiger partial charge is 0.140 e. The zero-order valence-corrected chi connectivity index (χ0v) is 14.8. The van der Waals surface area contributed by atoms with Gasteiger partial charge in [0.1, 0.15) is 11.6 Å². The number of imidazole rings is 1. The Balaban J connectivity index is 1.41. The summed E-state index contributed by atoms with van der Waals surface area (Å²) in [4.78, 5) is 19.7. The molecule has 1 aliphatic rings. The van der Waals surface area contributed by atoms with E-state index in [0.717, 1.165) is 35.8 Å². The lowest BCUT2D eigenvalue weighted by Crippen LogP contribution is -2.10.